The van der Waals surface area contributed by atoms with Gasteiger partial charge in [0.25, 0.3) is 0 Å². The van der Waals surface area contributed by atoms with Gasteiger partial charge in [-0.25, -0.2) is 0 Å². The first-order chi connectivity index (χ1) is 7.68. The van der Waals surface area contributed by atoms with Crippen molar-refractivity contribution >= 4 is 11.4 Å². The Labute approximate surface area is 98.0 Å². The van der Waals surface area contributed by atoms with Crippen LogP contribution in [0.3, 0.4) is 0 Å². The molecule has 0 saturated carbocycles. The summed E-state index contributed by atoms with van der Waals surface area (Å²) in [5.41, 5.74) is 2.60. The molecule has 0 aromatic heterocycles. The van der Waals surface area contributed by atoms with Crippen molar-refractivity contribution in [3.8, 4) is 0 Å². The van der Waals surface area contributed by atoms with Crippen molar-refractivity contribution in [3.63, 3.8) is 0 Å². The predicted octanol–water partition coefficient (Wildman–Crippen LogP) is 1.55. The van der Waals surface area contributed by atoms with E-state index >= 15 is 0 Å². The molecule has 1 aromatic carbocycles. The van der Waals surface area contributed by atoms with Gasteiger partial charge in [-0.05, 0) is 25.1 Å². The molecule has 3 nitrogen and oxygen atoms in total. The van der Waals surface area contributed by atoms with Crippen LogP contribution in [0.1, 0.15) is 6.92 Å². The smallest absolute Gasteiger partial charge is 0.0390 e. The topological polar surface area (TPSA) is 18.5 Å². The number of piperazine rings is 1. The molecule has 1 aliphatic rings. The molecule has 1 aliphatic heterocycles. The van der Waals surface area contributed by atoms with Crippen molar-refractivity contribution in [2.75, 3.05) is 43.5 Å². The molecule has 0 bridgehead atoms. The number of hydrogen-bond donors (Lipinski definition) is 1. The van der Waals surface area contributed by atoms with Crippen LogP contribution in [0.25, 0.3) is 0 Å². The van der Waals surface area contributed by atoms with Crippen molar-refractivity contribution in [3.05, 3.63) is 24.3 Å². The molecule has 1 heterocycles. The third-order valence-electron chi connectivity index (χ3n) is 3.18. The van der Waals surface area contributed by atoms with Crippen LogP contribution in [0.2, 0.25) is 0 Å². The molecule has 1 N–H and O–H groups in total. The molecule has 1 aromatic rings. The molecule has 0 amide bonds. The van der Waals surface area contributed by atoms with E-state index in [4.69, 9.17) is 0 Å². The van der Waals surface area contributed by atoms with E-state index in [9.17, 15) is 0 Å². The molecular formula is C13H21N3. The minimum absolute atomic E-state index is 0.575. The lowest BCUT2D eigenvalue weighted by atomic mass is 10.1. The van der Waals surface area contributed by atoms with E-state index < -0.39 is 0 Å². The summed E-state index contributed by atoms with van der Waals surface area (Å²) >= 11 is 0. The Hall–Kier alpha value is -1.22. The van der Waals surface area contributed by atoms with Crippen LogP contribution < -0.4 is 15.1 Å². The summed E-state index contributed by atoms with van der Waals surface area (Å²) in [5.74, 6) is 0. The van der Waals surface area contributed by atoms with E-state index in [0.29, 0.717) is 6.04 Å². The first kappa shape index (κ1) is 11.3. The highest BCUT2D eigenvalue weighted by Gasteiger charge is 2.18. The molecule has 0 radical (unpaired) electrons. The molecule has 1 atom stereocenters. The Bertz CT molecular complexity index is 349. The zero-order valence-corrected chi connectivity index (χ0v) is 10.4. The molecule has 0 spiro atoms. The SMILES string of the molecule is CC1CNCCN1c1cccc(N(C)C)c1. The fourth-order valence-corrected chi connectivity index (χ4v) is 2.17. The second kappa shape index (κ2) is 4.74. The third-order valence-corrected chi connectivity index (χ3v) is 3.18. The molecule has 2 rings (SSSR count). The van der Waals surface area contributed by atoms with Crippen LogP contribution in [0.4, 0.5) is 11.4 Å². The first-order valence-electron chi connectivity index (χ1n) is 5.93. The maximum atomic E-state index is 3.42. The van der Waals surface area contributed by atoms with Crippen molar-refractivity contribution in [2.24, 2.45) is 0 Å². The zero-order valence-electron chi connectivity index (χ0n) is 10.4. The van der Waals surface area contributed by atoms with Gasteiger partial charge in [-0.1, -0.05) is 6.07 Å². The summed E-state index contributed by atoms with van der Waals surface area (Å²) in [6, 6.07) is 9.33. The number of benzene rings is 1. The molecular weight excluding hydrogens is 198 g/mol. The van der Waals surface area contributed by atoms with Crippen molar-refractivity contribution in [1.29, 1.82) is 0 Å². The average Bonchev–Trinajstić information content (AvgIpc) is 2.30. The molecule has 1 saturated heterocycles. The summed E-state index contributed by atoms with van der Waals surface area (Å²) in [6.07, 6.45) is 0. The monoisotopic (exact) mass is 219 g/mol. The Morgan fingerprint density at radius 1 is 1.38 bits per heavy atom. The van der Waals surface area contributed by atoms with E-state index in [-0.39, 0.29) is 0 Å². The third kappa shape index (κ3) is 2.30. The maximum absolute atomic E-state index is 3.42. The normalized spacial score (nSPS) is 20.9. The van der Waals surface area contributed by atoms with Gasteiger partial charge in [0, 0.05) is 51.1 Å². The van der Waals surface area contributed by atoms with Crippen molar-refractivity contribution < 1.29 is 0 Å². The summed E-state index contributed by atoms with van der Waals surface area (Å²) < 4.78 is 0. The van der Waals surface area contributed by atoms with Crippen LogP contribution in [-0.4, -0.2) is 39.8 Å². The first-order valence-corrected chi connectivity index (χ1v) is 5.93. The predicted molar refractivity (Wildman–Crippen MR) is 70.4 cm³/mol. The van der Waals surface area contributed by atoms with Crippen LogP contribution in [0.15, 0.2) is 24.3 Å². The number of hydrogen-bond acceptors (Lipinski definition) is 3. The molecule has 3 heteroatoms. The van der Waals surface area contributed by atoms with Gasteiger partial charge in [0.15, 0.2) is 0 Å². The lowest BCUT2D eigenvalue weighted by molar-refractivity contribution is 0.501. The largest absolute Gasteiger partial charge is 0.378 e. The van der Waals surface area contributed by atoms with Gasteiger partial charge in [0.1, 0.15) is 0 Å². The van der Waals surface area contributed by atoms with Crippen molar-refractivity contribution in [1.82, 2.24) is 5.32 Å². The summed E-state index contributed by atoms with van der Waals surface area (Å²) in [6.45, 7) is 5.52. The Morgan fingerprint density at radius 3 is 2.88 bits per heavy atom. The summed E-state index contributed by atoms with van der Waals surface area (Å²) in [7, 11) is 4.17. The number of anilines is 2. The van der Waals surface area contributed by atoms with Gasteiger partial charge in [-0.3, -0.25) is 0 Å². The quantitative estimate of drug-likeness (QED) is 0.814. The number of nitrogens with zero attached hydrogens (tertiary/aromatic N) is 2. The highest BCUT2D eigenvalue weighted by molar-refractivity contribution is 5.59. The molecule has 1 unspecified atom stereocenters. The standard InChI is InChI=1S/C13H21N3/c1-11-10-14-7-8-16(11)13-6-4-5-12(9-13)15(2)3/h4-6,9,11,14H,7-8,10H2,1-3H3. The Balaban J connectivity index is 2.21. The molecule has 88 valence electrons. The fraction of sp³-hybridized carbons (Fsp3) is 0.538. The van der Waals surface area contributed by atoms with Gasteiger partial charge in [-0.15, -0.1) is 0 Å². The van der Waals surface area contributed by atoms with Gasteiger partial charge >= 0.3 is 0 Å². The van der Waals surface area contributed by atoms with Crippen molar-refractivity contribution in [2.45, 2.75) is 13.0 Å². The summed E-state index contributed by atoms with van der Waals surface area (Å²) in [5, 5.41) is 3.42. The van der Waals surface area contributed by atoms with Gasteiger partial charge in [-0.2, -0.15) is 0 Å². The van der Waals surface area contributed by atoms with E-state index in [1.54, 1.807) is 0 Å². The van der Waals surface area contributed by atoms with Crippen LogP contribution in [0, 0.1) is 0 Å². The van der Waals surface area contributed by atoms with Gasteiger partial charge < -0.3 is 15.1 Å². The van der Waals surface area contributed by atoms with Gasteiger partial charge in [0.05, 0.1) is 0 Å². The minimum atomic E-state index is 0.575. The van der Waals surface area contributed by atoms with Crippen LogP contribution in [-0.2, 0) is 0 Å². The highest BCUT2D eigenvalue weighted by Crippen LogP contribution is 2.23. The van der Waals surface area contributed by atoms with Crippen LogP contribution in [0.5, 0.6) is 0 Å². The minimum Gasteiger partial charge on any atom is -0.378 e. The number of nitrogens with one attached hydrogen (secondary N) is 1. The Kier molecular flexibility index (Phi) is 3.34. The average molecular weight is 219 g/mol. The van der Waals surface area contributed by atoms with E-state index in [2.05, 4.69) is 60.4 Å². The zero-order chi connectivity index (χ0) is 11.5. The Morgan fingerprint density at radius 2 is 2.19 bits per heavy atom. The van der Waals surface area contributed by atoms with Crippen LogP contribution >= 0.6 is 0 Å². The fourth-order valence-electron chi connectivity index (χ4n) is 2.17. The molecule has 0 aliphatic carbocycles. The molecule has 1 fully saturated rings. The summed E-state index contributed by atoms with van der Waals surface area (Å²) in [4.78, 5) is 4.62. The highest BCUT2D eigenvalue weighted by atomic mass is 15.2. The lowest BCUT2D eigenvalue weighted by Crippen LogP contribution is -2.49. The molecule has 16 heavy (non-hydrogen) atoms. The second-order valence-corrected chi connectivity index (χ2v) is 4.66. The number of rotatable bonds is 2. The second-order valence-electron chi connectivity index (χ2n) is 4.66. The van der Waals surface area contributed by atoms with E-state index in [1.165, 1.54) is 11.4 Å². The van der Waals surface area contributed by atoms with E-state index in [0.717, 1.165) is 19.6 Å². The maximum Gasteiger partial charge on any atom is 0.0390 e. The van der Waals surface area contributed by atoms with E-state index in [1.807, 2.05) is 0 Å². The van der Waals surface area contributed by atoms with Gasteiger partial charge in [0.2, 0.25) is 0 Å². The lowest BCUT2D eigenvalue weighted by Gasteiger charge is -2.36.